The van der Waals surface area contributed by atoms with Gasteiger partial charge in [0.05, 0.1) is 11.1 Å². The maximum Gasteiger partial charge on any atom is 0.110 e. The second kappa shape index (κ2) is 2.83. The first-order valence-electron chi connectivity index (χ1n) is 5.18. The Morgan fingerprint density at radius 3 is 3.00 bits per heavy atom. The number of fused-ring (bicyclic) bond motifs is 1. The number of imidazole rings is 1. The first kappa shape index (κ1) is 8.49. The molecule has 0 spiro atoms. The van der Waals surface area contributed by atoms with Crippen molar-refractivity contribution in [3.63, 3.8) is 0 Å². The molecule has 1 aliphatic carbocycles. The molecule has 2 aromatic rings. The van der Waals surface area contributed by atoms with Crippen LogP contribution < -0.4 is 0 Å². The molecule has 0 aliphatic heterocycles. The van der Waals surface area contributed by atoms with Crippen LogP contribution in [0.4, 0.5) is 0 Å². The average molecular weight is 197 g/mol. The van der Waals surface area contributed by atoms with E-state index in [1.165, 1.54) is 6.42 Å². The Morgan fingerprint density at radius 2 is 2.33 bits per heavy atom. The van der Waals surface area contributed by atoms with Crippen LogP contribution in [0, 0.1) is 17.2 Å². The van der Waals surface area contributed by atoms with Crippen molar-refractivity contribution in [2.75, 3.05) is 0 Å². The molecular formula is C12H11N3. The monoisotopic (exact) mass is 197 g/mol. The van der Waals surface area contributed by atoms with E-state index in [0.717, 1.165) is 22.8 Å². The molecular weight excluding hydrogens is 186 g/mol. The third-order valence-corrected chi connectivity index (χ3v) is 3.11. The Bertz CT molecular complexity index is 562. The summed E-state index contributed by atoms with van der Waals surface area (Å²) in [5.41, 5.74) is 2.44. The van der Waals surface area contributed by atoms with Gasteiger partial charge >= 0.3 is 0 Å². The van der Waals surface area contributed by atoms with Crippen molar-refractivity contribution in [1.29, 1.82) is 5.26 Å². The molecule has 1 saturated carbocycles. The number of para-hydroxylation sites is 1. The van der Waals surface area contributed by atoms with Crippen molar-refractivity contribution in [2.24, 2.45) is 5.92 Å². The van der Waals surface area contributed by atoms with Crippen LogP contribution in [-0.4, -0.2) is 9.97 Å². The SMILES string of the molecule is CC1CC1c1nc2c(C#N)cccc2[nH]1. The van der Waals surface area contributed by atoms with Gasteiger partial charge in [-0.25, -0.2) is 4.98 Å². The zero-order valence-corrected chi connectivity index (χ0v) is 8.49. The molecule has 0 bridgehead atoms. The molecule has 3 nitrogen and oxygen atoms in total. The lowest BCUT2D eigenvalue weighted by atomic mass is 10.2. The quantitative estimate of drug-likeness (QED) is 0.763. The fourth-order valence-corrected chi connectivity index (χ4v) is 2.02. The molecule has 3 rings (SSSR count). The minimum absolute atomic E-state index is 0.573. The summed E-state index contributed by atoms with van der Waals surface area (Å²) in [7, 11) is 0. The molecule has 3 heteroatoms. The topological polar surface area (TPSA) is 52.5 Å². The summed E-state index contributed by atoms with van der Waals surface area (Å²) in [6, 6.07) is 7.84. The van der Waals surface area contributed by atoms with Gasteiger partial charge < -0.3 is 4.98 Å². The minimum atomic E-state index is 0.573. The van der Waals surface area contributed by atoms with Crippen LogP contribution in [0.15, 0.2) is 18.2 Å². The van der Waals surface area contributed by atoms with Gasteiger partial charge in [-0.1, -0.05) is 13.0 Å². The van der Waals surface area contributed by atoms with Crippen LogP contribution in [0.3, 0.4) is 0 Å². The number of nitrogens with one attached hydrogen (secondary N) is 1. The molecule has 1 aliphatic rings. The summed E-state index contributed by atoms with van der Waals surface area (Å²) in [6.45, 7) is 2.23. The summed E-state index contributed by atoms with van der Waals surface area (Å²) < 4.78 is 0. The molecule has 0 amide bonds. The molecule has 1 heterocycles. The third kappa shape index (κ3) is 1.22. The molecule has 1 aromatic carbocycles. The van der Waals surface area contributed by atoms with Crippen molar-refractivity contribution in [2.45, 2.75) is 19.3 Å². The molecule has 1 N–H and O–H groups in total. The maximum atomic E-state index is 8.95. The van der Waals surface area contributed by atoms with Crippen molar-refractivity contribution < 1.29 is 0 Å². The van der Waals surface area contributed by atoms with Gasteiger partial charge in [0.25, 0.3) is 0 Å². The normalized spacial score (nSPS) is 24.0. The molecule has 2 atom stereocenters. The standard InChI is InChI=1S/C12H11N3/c1-7-5-9(7)12-14-10-4-2-3-8(6-13)11(10)15-12/h2-4,7,9H,5H2,1H3,(H,14,15). The number of nitrogens with zero attached hydrogens (tertiary/aromatic N) is 2. The zero-order valence-electron chi connectivity index (χ0n) is 8.49. The van der Waals surface area contributed by atoms with Gasteiger partial charge in [-0.2, -0.15) is 5.26 Å². The Morgan fingerprint density at radius 1 is 1.53 bits per heavy atom. The largest absolute Gasteiger partial charge is 0.342 e. The van der Waals surface area contributed by atoms with Crippen LogP contribution in [0.2, 0.25) is 0 Å². The molecule has 1 aromatic heterocycles. The van der Waals surface area contributed by atoms with Crippen LogP contribution in [0.1, 0.15) is 30.7 Å². The highest BCUT2D eigenvalue weighted by Crippen LogP contribution is 2.46. The number of aromatic nitrogens is 2. The van der Waals surface area contributed by atoms with Crippen molar-refractivity contribution in [1.82, 2.24) is 9.97 Å². The van der Waals surface area contributed by atoms with Gasteiger partial charge in [0.1, 0.15) is 17.4 Å². The van der Waals surface area contributed by atoms with E-state index in [1.807, 2.05) is 18.2 Å². The van der Waals surface area contributed by atoms with E-state index in [1.54, 1.807) is 0 Å². The van der Waals surface area contributed by atoms with Gasteiger partial charge in [0.2, 0.25) is 0 Å². The molecule has 0 saturated heterocycles. The zero-order chi connectivity index (χ0) is 10.4. The fourth-order valence-electron chi connectivity index (χ4n) is 2.02. The average Bonchev–Trinajstić information content (AvgIpc) is 2.82. The van der Waals surface area contributed by atoms with Gasteiger partial charge in [0, 0.05) is 5.92 Å². The van der Waals surface area contributed by atoms with E-state index in [2.05, 4.69) is 23.0 Å². The summed E-state index contributed by atoms with van der Waals surface area (Å²) in [5, 5.41) is 8.95. The van der Waals surface area contributed by atoms with Crippen LogP contribution in [0.25, 0.3) is 11.0 Å². The summed E-state index contributed by atoms with van der Waals surface area (Å²) in [5.74, 6) is 2.35. The molecule has 74 valence electrons. The van der Waals surface area contributed by atoms with E-state index >= 15 is 0 Å². The van der Waals surface area contributed by atoms with E-state index in [4.69, 9.17) is 5.26 Å². The first-order valence-corrected chi connectivity index (χ1v) is 5.18. The van der Waals surface area contributed by atoms with Gasteiger partial charge in [-0.15, -0.1) is 0 Å². The lowest BCUT2D eigenvalue weighted by Gasteiger charge is -1.88. The Hall–Kier alpha value is -1.82. The van der Waals surface area contributed by atoms with Crippen molar-refractivity contribution in [3.05, 3.63) is 29.6 Å². The van der Waals surface area contributed by atoms with Crippen LogP contribution >= 0.6 is 0 Å². The molecule has 1 fully saturated rings. The highest BCUT2D eigenvalue weighted by Gasteiger charge is 2.36. The Labute approximate surface area is 87.8 Å². The third-order valence-electron chi connectivity index (χ3n) is 3.11. The number of hydrogen-bond donors (Lipinski definition) is 1. The number of H-pyrrole nitrogens is 1. The summed E-state index contributed by atoms with van der Waals surface area (Å²) in [6.07, 6.45) is 1.21. The Kier molecular flexibility index (Phi) is 1.60. The van der Waals surface area contributed by atoms with E-state index in [-0.39, 0.29) is 0 Å². The number of nitriles is 1. The number of benzene rings is 1. The van der Waals surface area contributed by atoms with Gasteiger partial charge in [-0.05, 0) is 24.5 Å². The lowest BCUT2D eigenvalue weighted by Crippen LogP contribution is -1.83. The van der Waals surface area contributed by atoms with Gasteiger partial charge in [-0.3, -0.25) is 0 Å². The maximum absolute atomic E-state index is 8.95. The molecule has 15 heavy (non-hydrogen) atoms. The predicted molar refractivity (Wildman–Crippen MR) is 57.3 cm³/mol. The van der Waals surface area contributed by atoms with Crippen LogP contribution in [-0.2, 0) is 0 Å². The van der Waals surface area contributed by atoms with Crippen LogP contribution in [0.5, 0.6) is 0 Å². The number of hydrogen-bond acceptors (Lipinski definition) is 2. The second-order valence-corrected chi connectivity index (χ2v) is 4.26. The predicted octanol–water partition coefficient (Wildman–Crippen LogP) is 2.56. The Balaban J connectivity index is 2.18. The lowest BCUT2D eigenvalue weighted by molar-refractivity contribution is 0.867. The van der Waals surface area contributed by atoms with E-state index in [9.17, 15) is 0 Å². The van der Waals surface area contributed by atoms with E-state index in [0.29, 0.717) is 11.5 Å². The first-order chi connectivity index (χ1) is 7.29. The molecule has 0 radical (unpaired) electrons. The second-order valence-electron chi connectivity index (χ2n) is 4.26. The smallest absolute Gasteiger partial charge is 0.110 e. The van der Waals surface area contributed by atoms with Crippen molar-refractivity contribution >= 4 is 11.0 Å². The highest BCUT2D eigenvalue weighted by atomic mass is 14.9. The molecule has 2 unspecified atom stereocenters. The van der Waals surface area contributed by atoms with Gasteiger partial charge in [0.15, 0.2) is 0 Å². The van der Waals surface area contributed by atoms with Crippen molar-refractivity contribution in [3.8, 4) is 6.07 Å². The number of rotatable bonds is 1. The van der Waals surface area contributed by atoms with E-state index < -0.39 is 0 Å². The number of aromatic amines is 1. The summed E-state index contributed by atoms with van der Waals surface area (Å²) in [4.78, 5) is 7.82. The minimum Gasteiger partial charge on any atom is -0.342 e. The summed E-state index contributed by atoms with van der Waals surface area (Å²) >= 11 is 0. The highest BCUT2D eigenvalue weighted by molar-refractivity contribution is 5.81. The fraction of sp³-hybridized carbons (Fsp3) is 0.333.